The van der Waals surface area contributed by atoms with E-state index in [2.05, 4.69) is 25.7 Å². The lowest BCUT2D eigenvalue weighted by Gasteiger charge is -2.37. The Kier molecular flexibility index (Phi) is 4.68. The van der Waals surface area contributed by atoms with E-state index < -0.39 is 4.92 Å². The van der Waals surface area contributed by atoms with E-state index in [1.165, 1.54) is 12.1 Å². The number of piperazine rings is 1. The van der Waals surface area contributed by atoms with Crippen molar-refractivity contribution < 1.29 is 9.72 Å². The molecule has 120 valence electrons. The Labute approximate surface area is 130 Å². The third-order valence-electron chi connectivity index (χ3n) is 3.74. The zero-order valence-corrected chi connectivity index (χ0v) is 13.4. The predicted octanol–water partition coefficient (Wildman–Crippen LogP) is 2.68. The maximum atomic E-state index is 12.2. The molecule has 0 atom stereocenters. The van der Waals surface area contributed by atoms with E-state index in [1.807, 2.05) is 4.90 Å². The second-order valence-corrected chi connectivity index (χ2v) is 6.88. The predicted molar refractivity (Wildman–Crippen MR) is 86.0 cm³/mol. The third-order valence-corrected chi connectivity index (χ3v) is 3.74. The quantitative estimate of drug-likeness (QED) is 0.636. The van der Waals surface area contributed by atoms with Crippen molar-refractivity contribution in [3.63, 3.8) is 0 Å². The number of hydrogen-bond donors (Lipinski definition) is 0. The van der Waals surface area contributed by atoms with Crippen molar-refractivity contribution in [1.82, 2.24) is 4.90 Å². The van der Waals surface area contributed by atoms with Gasteiger partial charge in [-0.3, -0.25) is 14.9 Å². The summed E-state index contributed by atoms with van der Waals surface area (Å²) in [5, 5.41) is 10.7. The van der Waals surface area contributed by atoms with Crippen LogP contribution < -0.4 is 4.90 Å². The van der Waals surface area contributed by atoms with Crippen molar-refractivity contribution in [2.24, 2.45) is 5.41 Å². The lowest BCUT2D eigenvalue weighted by atomic mass is 9.91. The van der Waals surface area contributed by atoms with Crippen LogP contribution in [0, 0.1) is 15.5 Å². The summed E-state index contributed by atoms with van der Waals surface area (Å²) in [4.78, 5) is 26.5. The lowest BCUT2D eigenvalue weighted by molar-refractivity contribution is -0.384. The van der Waals surface area contributed by atoms with Crippen molar-refractivity contribution in [3.8, 4) is 0 Å². The number of amides is 1. The molecule has 1 aromatic rings. The molecule has 0 unspecified atom stereocenters. The average molecular weight is 305 g/mol. The van der Waals surface area contributed by atoms with Gasteiger partial charge in [0.15, 0.2) is 0 Å². The second kappa shape index (κ2) is 6.34. The van der Waals surface area contributed by atoms with Gasteiger partial charge in [0.05, 0.1) is 4.92 Å². The summed E-state index contributed by atoms with van der Waals surface area (Å²) >= 11 is 0. The normalized spacial score (nSPS) is 15.8. The summed E-state index contributed by atoms with van der Waals surface area (Å²) < 4.78 is 0. The Balaban J connectivity index is 1.91. The summed E-state index contributed by atoms with van der Waals surface area (Å²) in [6.07, 6.45) is 0.560. The van der Waals surface area contributed by atoms with E-state index in [1.54, 1.807) is 12.1 Å². The van der Waals surface area contributed by atoms with Crippen molar-refractivity contribution >= 4 is 17.3 Å². The first-order valence-electron chi connectivity index (χ1n) is 7.53. The first-order chi connectivity index (χ1) is 10.3. The monoisotopic (exact) mass is 305 g/mol. The number of rotatable bonds is 3. The molecule has 1 amide bonds. The molecule has 0 bridgehead atoms. The SMILES string of the molecule is CC(C)(C)CC(=O)N1CCN(c2ccc([N+](=O)[O-])cc2)CC1. The molecule has 0 spiro atoms. The molecule has 6 nitrogen and oxygen atoms in total. The van der Waals surface area contributed by atoms with Crippen molar-refractivity contribution in [2.75, 3.05) is 31.1 Å². The minimum Gasteiger partial charge on any atom is -0.368 e. The number of non-ortho nitro benzene ring substituents is 1. The highest BCUT2D eigenvalue weighted by molar-refractivity contribution is 5.77. The number of benzene rings is 1. The van der Waals surface area contributed by atoms with Crippen molar-refractivity contribution in [3.05, 3.63) is 34.4 Å². The Bertz CT molecular complexity index is 541. The van der Waals surface area contributed by atoms with E-state index in [0.29, 0.717) is 19.5 Å². The molecule has 6 heteroatoms. The van der Waals surface area contributed by atoms with E-state index in [0.717, 1.165) is 18.8 Å². The van der Waals surface area contributed by atoms with Crippen LogP contribution in [0.1, 0.15) is 27.2 Å². The standard InChI is InChI=1S/C16H23N3O3/c1-16(2,3)12-15(20)18-10-8-17(9-11-18)13-4-6-14(7-5-13)19(21)22/h4-7H,8-12H2,1-3H3. The van der Waals surface area contributed by atoms with Gasteiger partial charge in [0.25, 0.3) is 5.69 Å². The molecule has 1 aromatic carbocycles. The molecule has 1 fully saturated rings. The van der Waals surface area contributed by atoms with Crippen LogP contribution in [-0.2, 0) is 4.79 Å². The number of hydrogen-bond acceptors (Lipinski definition) is 4. The molecule has 22 heavy (non-hydrogen) atoms. The number of nitrogens with zero attached hydrogens (tertiary/aromatic N) is 3. The number of nitro groups is 1. The van der Waals surface area contributed by atoms with Crippen LogP contribution in [0.25, 0.3) is 0 Å². The molecule has 1 aliphatic rings. The summed E-state index contributed by atoms with van der Waals surface area (Å²) in [7, 11) is 0. The zero-order valence-electron chi connectivity index (χ0n) is 13.4. The van der Waals surface area contributed by atoms with Crippen LogP contribution in [0.15, 0.2) is 24.3 Å². The molecule has 0 saturated carbocycles. The maximum Gasteiger partial charge on any atom is 0.269 e. The fourth-order valence-corrected chi connectivity index (χ4v) is 2.56. The fraction of sp³-hybridized carbons (Fsp3) is 0.562. The minimum atomic E-state index is -0.396. The van der Waals surface area contributed by atoms with Gasteiger partial charge in [-0.05, 0) is 17.5 Å². The second-order valence-electron chi connectivity index (χ2n) is 6.88. The Morgan fingerprint density at radius 2 is 1.68 bits per heavy atom. The number of nitro benzene ring substituents is 1. The van der Waals surface area contributed by atoms with E-state index in [9.17, 15) is 14.9 Å². The summed E-state index contributed by atoms with van der Waals surface area (Å²) in [6, 6.07) is 6.58. The van der Waals surface area contributed by atoms with Crippen LogP contribution in [0.5, 0.6) is 0 Å². The lowest BCUT2D eigenvalue weighted by Crippen LogP contribution is -2.49. The molecule has 2 rings (SSSR count). The van der Waals surface area contributed by atoms with Crippen molar-refractivity contribution in [1.29, 1.82) is 0 Å². The molecule has 1 heterocycles. The number of carbonyl (C=O) groups is 1. The molecule has 0 N–H and O–H groups in total. The minimum absolute atomic E-state index is 0.00653. The summed E-state index contributed by atoms with van der Waals surface area (Å²) in [5.74, 6) is 0.204. The molecular weight excluding hydrogens is 282 g/mol. The zero-order chi connectivity index (χ0) is 16.3. The summed E-state index contributed by atoms with van der Waals surface area (Å²) in [5.41, 5.74) is 1.07. The first-order valence-corrected chi connectivity index (χ1v) is 7.53. The van der Waals surface area contributed by atoms with E-state index in [4.69, 9.17) is 0 Å². The molecule has 0 aliphatic carbocycles. The van der Waals surface area contributed by atoms with Crippen LogP contribution in [0.3, 0.4) is 0 Å². The molecular formula is C16H23N3O3. The maximum absolute atomic E-state index is 12.2. The van der Waals surface area contributed by atoms with Gasteiger partial charge in [0.1, 0.15) is 0 Å². The molecule has 0 radical (unpaired) electrons. The highest BCUT2D eigenvalue weighted by Crippen LogP contribution is 2.23. The van der Waals surface area contributed by atoms with Gasteiger partial charge < -0.3 is 9.80 Å². The molecule has 1 aliphatic heterocycles. The van der Waals surface area contributed by atoms with Gasteiger partial charge >= 0.3 is 0 Å². The van der Waals surface area contributed by atoms with Gasteiger partial charge in [0.2, 0.25) is 5.91 Å². The highest BCUT2D eigenvalue weighted by atomic mass is 16.6. The summed E-state index contributed by atoms with van der Waals surface area (Å²) in [6.45, 7) is 9.12. The Hall–Kier alpha value is -2.11. The smallest absolute Gasteiger partial charge is 0.269 e. The third kappa shape index (κ3) is 4.19. The Morgan fingerprint density at radius 1 is 1.14 bits per heavy atom. The van der Waals surface area contributed by atoms with E-state index >= 15 is 0 Å². The molecule has 0 aromatic heterocycles. The number of anilines is 1. The van der Waals surface area contributed by atoms with Crippen LogP contribution >= 0.6 is 0 Å². The Morgan fingerprint density at radius 3 is 2.14 bits per heavy atom. The average Bonchev–Trinajstić information content (AvgIpc) is 2.46. The van der Waals surface area contributed by atoms with Crippen LogP contribution in [0.2, 0.25) is 0 Å². The van der Waals surface area contributed by atoms with Gasteiger partial charge in [-0.25, -0.2) is 0 Å². The fourth-order valence-electron chi connectivity index (χ4n) is 2.56. The first kappa shape index (κ1) is 16.3. The van der Waals surface area contributed by atoms with Crippen LogP contribution in [0.4, 0.5) is 11.4 Å². The van der Waals surface area contributed by atoms with Gasteiger partial charge in [-0.2, -0.15) is 0 Å². The van der Waals surface area contributed by atoms with Gasteiger partial charge in [0, 0.05) is 50.4 Å². The van der Waals surface area contributed by atoms with Crippen molar-refractivity contribution in [2.45, 2.75) is 27.2 Å². The molecule has 1 saturated heterocycles. The number of carbonyl (C=O) groups excluding carboxylic acids is 1. The van der Waals surface area contributed by atoms with Gasteiger partial charge in [-0.1, -0.05) is 20.8 Å². The van der Waals surface area contributed by atoms with E-state index in [-0.39, 0.29) is 17.0 Å². The largest absolute Gasteiger partial charge is 0.368 e. The highest BCUT2D eigenvalue weighted by Gasteiger charge is 2.25. The topological polar surface area (TPSA) is 66.7 Å². The van der Waals surface area contributed by atoms with Gasteiger partial charge in [-0.15, -0.1) is 0 Å². The van der Waals surface area contributed by atoms with Crippen LogP contribution in [-0.4, -0.2) is 41.9 Å².